The van der Waals surface area contributed by atoms with Gasteiger partial charge in [0, 0.05) is 12.2 Å². The third-order valence-corrected chi connectivity index (χ3v) is 5.69. The van der Waals surface area contributed by atoms with Gasteiger partial charge in [-0.15, -0.1) is 0 Å². The molecule has 0 fully saturated rings. The van der Waals surface area contributed by atoms with Crippen LogP contribution in [0.5, 0.6) is 5.75 Å². The summed E-state index contributed by atoms with van der Waals surface area (Å²) in [5.41, 5.74) is 7.42. The number of phenolic OH excluding ortho intramolecular Hbond substituents is 1. The number of nitrogens with two attached hydrogens (primary N) is 1. The van der Waals surface area contributed by atoms with Gasteiger partial charge in [-0.1, -0.05) is 42.5 Å². The van der Waals surface area contributed by atoms with E-state index in [2.05, 4.69) is 33.9 Å². The van der Waals surface area contributed by atoms with Crippen LogP contribution in [0.1, 0.15) is 11.1 Å². The number of thiol groups is 1. The number of aliphatic carboxylic acids is 1. The first-order valence-electron chi connectivity index (χ1n) is 11.6. The lowest BCUT2D eigenvalue weighted by Crippen LogP contribution is -2.57. The molecule has 0 aliphatic rings. The van der Waals surface area contributed by atoms with Crippen molar-refractivity contribution in [3.63, 3.8) is 0 Å². The lowest BCUT2D eigenvalue weighted by Gasteiger charge is -2.23. The van der Waals surface area contributed by atoms with Gasteiger partial charge in [0.05, 0.1) is 12.6 Å². The number of aromatic hydroxyl groups is 1. The molecule has 2 rings (SSSR count). The Morgan fingerprint density at radius 1 is 0.763 bits per heavy atom. The number of carboxylic acids is 1. The summed E-state index contributed by atoms with van der Waals surface area (Å²) in [6, 6.07) is 11.8. The van der Waals surface area contributed by atoms with Gasteiger partial charge in [-0.3, -0.25) is 24.0 Å². The highest BCUT2D eigenvalue weighted by atomic mass is 32.1. The van der Waals surface area contributed by atoms with Crippen molar-refractivity contribution in [1.29, 1.82) is 0 Å². The van der Waals surface area contributed by atoms with E-state index in [9.17, 15) is 29.1 Å². The fourth-order valence-corrected chi connectivity index (χ4v) is 3.57. The number of rotatable bonds is 14. The van der Waals surface area contributed by atoms with Crippen molar-refractivity contribution < 1.29 is 34.2 Å². The molecular formula is C25H31N5O7S. The number of carbonyl (C=O) groups is 5. The van der Waals surface area contributed by atoms with Crippen molar-refractivity contribution >= 4 is 42.2 Å². The zero-order valence-corrected chi connectivity index (χ0v) is 21.3. The fraction of sp³-hybridized carbons (Fsp3) is 0.320. The summed E-state index contributed by atoms with van der Waals surface area (Å²) >= 11 is 4.14. The maximum Gasteiger partial charge on any atom is 0.322 e. The van der Waals surface area contributed by atoms with Crippen LogP contribution in [0.2, 0.25) is 0 Å². The quantitative estimate of drug-likeness (QED) is 0.134. The van der Waals surface area contributed by atoms with Crippen LogP contribution in [0, 0.1) is 0 Å². The lowest BCUT2D eigenvalue weighted by atomic mass is 10.0. The van der Waals surface area contributed by atoms with E-state index in [1.54, 1.807) is 42.5 Å². The minimum Gasteiger partial charge on any atom is -0.508 e. The first kappa shape index (κ1) is 30.1. The van der Waals surface area contributed by atoms with Crippen molar-refractivity contribution in [1.82, 2.24) is 21.3 Å². The van der Waals surface area contributed by atoms with Gasteiger partial charge in [0.2, 0.25) is 23.6 Å². The molecule has 0 radical (unpaired) electrons. The molecular weight excluding hydrogens is 514 g/mol. The number of hydrogen-bond donors (Lipinski definition) is 8. The van der Waals surface area contributed by atoms with Gasteiger partial charge in [-0.25, -0.2) is 0 Å². The second kappa shape index (κ2) is 15.2. The van der Waals surface area contributed by atoms with Gasteiger partial charge in [0.1, 0.15) is 24.4 Å². The minimum absolute atomic E-state index is 0.0774. The van der Waals surface area contributed by atoms with E-state index in [0.717, 1.165) is 5.56 Å². The van der Waals surface area contributed by atoms with Gasteiger partial charge in [-0.2, -0.15) is 12.6 Å². The summed E-state index contributed by atoms with van der Waals surface area (Å²) in [6.45, 7) is -1.09. The molecule has 12 nitrogen and oxygen atoms in total. The third-order valence-electron chi connectivity index (χ3n) is 5.32. The molecule has 13 heteroatoms. The Hall–Kier alpha value is -4.10. The van der Waals surface area contributed by atoms with Crippen LogP contribution in [-0.2, 0) is 36.8 Å². The number of carbonyl (C=O) groups excluding carboxylic acids is 4. The van der Waals surface area contributed by atoms with Crippen LogP contribution in [0.15, 0.2) is 54.6 Å². The monoisotopic (exact) mass is 545 g/mol. The average Bonchev–Trinajstić information content (AvgIpc) is 2.90. The third kappa shape index (κ3) is 10.5. The highest BCUT2D eigenvalue weighted by Gasteiger charge is 2.28. The smallest absolute Gasteiger partial charge is 0.322 e. The van der Waals surface area contributed by atoms with Crippen LogP contribution in [0.25, 0.3) is 0 Å². The van der Waals surface area contributed by atoms with E-state index >= 15 is 0 Å². The number of benzene rings is 2. The Labute approximate surface area is 224 Å². The van der Waals surface area contributed by atoms with E-state index < -0.39 is 60.8 Å². The van der Waals surface area contributed by atoms with Gasteiger partial charge < -0.3 is 37.2 Å². The first-order chi connectivity index (χ1) is 18.1. The van der Waals surface area contributed by atoms with E-state index in [1.807, 2.05) is 0 Å². The Bertz CT molecular complexity index is 1110. The van der Waals surface area contributed by atoms with Crippen LogP contribution in [0.4, 0.5) is 0 Å². The Balaban J connectivity index is 2.03. The molecule has 204 valence electrons. The maximum atomic E-state index is 13.0. The molecule has 8 N–H and O–H groups in total. The Morgan fingerprint density at radius 2 is 1.37 bits per heavy atom. The first-order valence-corrected chi connectivity index (χ1v) is 12.3. The molecule has 0 bridgehead atoms. The number of amides is 4. The summed E-state index contributed by atoms with van der Waals surface area (Å²) < 4.78 is 0. The average molecular weight is 546 g/mol. The van der Waals surface area contributed by atoms with Crippen molar-refractivity contribution in [2.24, 2.45) is 5.73 Å². The number of hydrogen-bond acceptors (Lipinski definition) is 8. The zero-order chi connectivity index (χ0) is 28.1. The van der Waals surface area contributed by atoms with Crippen LogP contribution >= 0.6 is 12.6 Å². The molecule has 0 aliphatic heterocycles. The normalized spacial score (nSPS) is 12.9. The highest BCUT2D eigenvalue weighted by molar-refractivity contribution is 7.80. The van der Waals surface area contributed by atoms with E-state index in [4.69, 9.17) is 10.8 Å². The predicted molar refractivity (Wildman–Crippen MR) is 141 cm³/mol. The molecule has 0 saturated heterocycles. The summed E-state index contributed by atoms with van der Waals surface area (Å²) in [6.07, 6.45) is 0.249. The van der Waals surface area contributed by atoms with E-state index in [-0.39, 0.29) is 24.3 Å². The molecule has 2 aromatic carbocycles. The SMILES string of the molecule is N[C@H](Cc1ccc(O)cc1)C(=O)N[C@@H](CS)C(=O)N[C@H](Cc1ccccc1)C(=O)NCC(=O)NCC(=O)O. The van der Waals surface area contributed by atoms with Crippen molar-refractivity contribution in [2.45, 2.75) is 31.0 Å². The molecule has 0 aromatic heterocycles. The molecule has 4 amide bonds. The lowest BCUT2D eigenvalue weighted by molar-refractivity contribution is -0.138. The molecule has 0 aliphatic carbocycles. The second-order valence-electron chi connectivity index (χ2n) is 8.36. The topological polar surface area (TPSA) is 200 Å². The molecule has 0 spiro atoms. The Morgan fingerprint density at radius 3 is 1.97 bits per heavy atom. The second-order valence-corrected chi connectivity index (χ2v) is 8.73. The van der Waals surface area contributed by atoms with Crippen molar-refractivity contribution in [3.8, 4) is 5.75 Å². The maximum absolute atomic E-state index is 13.0. The van der Waals surface area contributed by atoms with Crippen LogP contribution in [-0.4, -0.2) is 76.8 Å². The number of phenols is 1. The zero-order valence-electron chi connectivity index (χ0n) is 20.4. The number of nitrogens with one attached hydrogen (secondary N) is 4. The minimum atomic E-state index is -1.23. The molecule has 0 saturated carbocycles. The summed E-state index contributed by atoms with van der Waals surface area (Å²) in [5, 5.41) is 27.6. The van der Waals surface area contributed by atoms with Crippen LogP contribution in [0.3, 0.4) is 0 Å². The summed E-state index contributed by atoms with van der Waals surface area (Å²) in [5.74, 6) is -3.92. The highest BCUT2D eigenvalue weighted by Crippen LogP contribution is 2.11. The van der Waals surface area contributed by atoms with Gasteiger partial charge in [-0.05, 0) is 29.7 Å². The Kier molecular flexibility index (Phi) is 12.1. The summed E-state index contributed by atoms with van der Waals surface area (Å²) in [7, 11) is 0. The van der Waals surface area contributed by atoms with Gasteiger partial charge in [0.25, 0.3) is 0 Å². The fourth-order valence-electron chi connectivity index (χ4n) is 3.31. The van der Waals surface area contributed by atoms with E-state index in [1.165, 1.54) is 12.1 Å². The van der Waals surface area contributed by atoms with Crippen molar-refractivity contribution in [3.05, 3.63) is 65.7 Å². The van der Waals surface area contributed by atoms with E-state index in [0.29, 0.717) is 5.56 Å². The van der Waals surface area contributed by atoms with Crippen molar-refractivity contribution in [2.75, 3.05) is 18.8 Å². The molecule has 2 aromatic rings. The molecule has 0 heterocycles. The van der Waals surface area contributed by atoms with Gasteiger partial charge >= 0.3 is 5.97 Å². The molecule has 3 atom stereocenters. The predicted octanol–water partition coefficient (Wildman–Crippen LogP) is -1.28. The van der Waals surface area contributed by atoms with Crippen LogP contribution < -0.4 is 27.0 Å². The molecule has 0 unspecified atom stereocenters. The largest absolute Gasteiger partial charge is 0.508 e. The summed E-state index contributed by atoms with van der Waals surface area (Å²) in [4.78, 5) is 60.8. The number of carboxylic acid groups (broad SMARTS) is 1. The molecule has 38 heavy (non-hydrogen) atoms. The van der Waals surface area contributed by atoms with Gasteiger partial charge in [0.15, 0.2) is 0 Å². The standard InChI is InChI=1S/C25H31N5O7S/c26-18(10-16-6-8-17(31)9-7-16)23(35)30-20(14-38)25(37)29-19(11-15-4-2-1-3-5-15)24(36)28-12-21(32)27-13-22(33)34/h1-9,18-20,31,38H,10-14,26H2,(H,27,32)(H,28,36)(H,29,37)(H,30,35)(H,33,34)/t18-,19-,20+/m1/s1.